The highest BCUT2D eigenvalue weighted by Gasteiger charge is 2.46. The zero-order valence-corrected chi connectivity index (χ0v) is 19.8. The van der Waals surface area contributed by atoms with Gasteiger partial charge in [-0.3, -0.25) is 9.59 Å². The molecule has 0 saturated heterocycles. The number of carbonyl (C=O) groups excluding carboxylic acids is 2. The highest BCUT2D eigenvalue weighted by atomic mass is 16.5. The van der Waals surface area contributed by atoms with Crippen molar-refractivity contribution in [1.82, 2.24) is 10.6 Å². The summed E-state index contributed by atoms with van der Waals surface area (Å²) >= 11 is 0. The second-order valence-electron chi connectivity index (χ2n) is 10.1. The Bertz CT molecular complexity index is 1080. The van der Waals surface area contributed by atoms with Gasteiger partial charge in [0.1, 0.15) is 6.61 Å². The number of benzene rings is 2. The van der Waals surface area contributed by atoms with E-state index in [0.717, 1.165) is 30.4 Å². The van der Waals surface area contributed by atoms with Crippen molar-refractivity contribution in [2.24, 2.45) is 11.3 Å². The van der Waals surface area contributed by atoms with Gasteiger partial charge in [0.2, 0.25) is 5.91 Å². The van der Waals surface area contributed by atoms with Gasteiger partial charge in [0, 0.05) is 18.5 Å². The standard InChI is InChI=1S/C28H32N2O5/c31-25(32)22-12-5-6-13-24(22)30-26(33)28(14-7-15-28)17-29-27(34)35-16-23-20-10-3-1-8-18(20)19-9-2-4-11-21(19)23/h1-4,8-11,22-24H,5-7,12-17H2,(H,29,34)(H,30,33)(H,31,32)/t22-,24+/m0/s1. The van der Waals surface area contributed by atoms with E-state index >= 15 is 0 Å². The minimum atomic E-state index is -0.852. The molecule has 2 aromatic carbocycles. The predicted molar refractivity (Wildman–Crippen MR) is 131 cm³/mol. The molecule has 0 heterocycles. The fraction of sp³-hybridized carbons (Fsp3) is 0.464. The molecule has 0 unspecified atom stereocenters. The van der Waals surface area contributed by atoms with Gasteiger partial charge >= 0.3 is 12.1 Å². The van der Waals surface area contributed by atoms with Gasteiger partial charge in [-0.1, -0.05) is 67.8 Å². The Morgan fingerprint density at radius 2 is 1.54 bits per heavy atom. The zero-order chi connectivity index (χ0) is 24.4. The van der Waals surface area contributed by atoms with Crippen LogP contribution in [0.5, 0.6) is 0 Å². The Labute approximate surface area is 205 Å². The van der Waals surface area contributed by atoms with E-state index in [0.29, 0.717) is 25.7 Å². The van der Waals surface area contributed by atoms with E-state index in [9.17, 15) is 19.5 Å². The quantitative estimate of drug-likeness (QED) is 0.547. The molecular formula is C28H32N2O5. The molecule has 7 heteroatoms. The van der Waals surface area contributed by atoms with Crippen molar-refractivity contribution in [3.8, 4) is 11.1 Å². The van der Waals surface area contributed by atoms with Crippen LogP contribution in [0.1, 0.15) is 62.0 Å². The van der Waals surface area contributed by atoms with Crippen molar-refractivity contribution in [2.45, 2.75) is 56.9 Å². The molecule has 7 nitrogen and oxygen atoms in total. The monoisotopic (exact) mass is 476 g/mol. The summed E-state index contributed by atoms with van der Waals surface area (Å²) in [5, 5.41) is 15.3. The summed E-state index contributed by atoms with van der Waals surface area (Å²) in [5.41, 5.74) is 3.95. The molecule has 2 saturated carbocycles. The highest BCUT2D eigenvalue weighted by Crippen LogP contribution is 2.45. The summed E-state index contributed by atoms with van der Waals surface area (Å²) in [4.78, 5) is 37.4. The van der Waals surface area contributed by atoms with Gasteiger partial charge in [-0.25, -0.2) is 4.79 Å². The second kappa shape index (κ2) is 9.72. The lowest BCUT2D eigenvalue weighted by Crippen LogP contribution is -2.56. The van der Waals surface area contributed by atoms with Gasteiger partial charge in [0.25, 0.3) is 0 Å². The molecule has 2 aromatic rings. The lowest BCUT2D eigenvalue weighted by atomic mass is 9.67. The number of carboxylic acid groups (broad SMARTS) is 1. The Hall–Kier alpha value is -3.35. The molecule has 2 atom stereocenters. The van der Waals surface area contributed by atoms with Crippen molar-refractivity contribution in [1.29, 1.82) is 0 Å². The summed E-state index contributed by atoms with van der Waals surface area (Å²) in [6.07, 6.45) is 4.78. The van der Waals surface area contributed by atoms with Crippen LogP contribution in [0.15, 0.2) is 48.5 Å². The largest absolute Gasteiger partial charge is 0.481 e. The van der Waals surface area contributed by atoms with Crippen molar-refractivity contribution in [2.75, 3.05) is 13.2 Å². The molecule has 0 radical (unpaired) electrons. The van der Waals surface area contributed by atoms with Crippen LogP contribution in [0.4, 0.5) is 4.79 Å². The molecule has 0 bridgehead atoms. The van der Waals surface area contributed by atoms with E-state index in [-0.39, 0.29) is 31.0 Å². The number of carboxylic acids is 1. The van der Waals surface area contributed by atoms with Crippen LogP contribution in [0.3, 0.4) is 0 Å². The molecule has 3 N–H and O–H groups in total. The van der Waals surface area contributed by atoms with Crippen molar-refractivity contribution >= 4 is 18.0 Å². The summed E-state index contributed by atoms with van der Waals surface area (Å²) < 4.78 is 5.62. The van der Waals surface area contributed by atoms with Crippen molar-refractivity contribution < 1.29 is 24.2 Å². The minimum absolute atomic E-state index is 0.0200. The van der Waals surface area contributed by atoms with Crippen LogP contribution in [0.2, 0.25) is 0 Å². The molecule has 2 fully saturated rings. The topological polar surface area (TPSA) is 105 Å². The number of ether oxygens (including phenoxy) is 1. The fourth-order valence-corrected chi connectivity index (χ4v) is 5.90. The molecule has 0 aliphatic heterocycles. The number of rotatable bonds is 7. The molecule has 2 amide bonds. The van der Waals surface area contributed by atoms with Gasteiger partial charge in [-0.15, -0.1) is 0 Å². The van der Waals surface area contributed by atoms with Crippen molar-refractivity contribution in [3.63, 3.8) is 0 Å². The molecule has 3 aliphatic carbocycles. The number of amides is 2. The first-order valence-electron chi connectivity index (χ1n) is 12.6. The number of nitrogens with one attached hydrogen (secondary N) is 2. The average Bonchev–Trinajstić information content (AvgIpc) is 3.16. The van der Waals surface area contributed by atoms with E-state index in [4.69, 9.17) is 4.74 Å². The van der Waals surface area contributed by atoms with Crippen molar-refractivity contribution in [3.05, 3.63) is 59.7 Å². The van der Waals surface area contributed by atoms with Gasteiger partial charge < -0.3 is 20.5 Å². The molecule has 184 valence electrons. The normalized spacial score (nSPS) is 22.3. The number of hydrogen-bond acceptors (Lipinski definition) is 4. The summed E-state index contributed by atoms with van der Waals surface area (Å²) in [6, 6.07) is 16.0. The minimum Gasteiger partial charge on any atom is -0.481 e. The molecule has 3 aliphatic rings. The number of alkyl carbamates (subject to hydrolysis) is 1. The van der Waals surface area contributed by atoms with Gasteiger partial charge in [-0.2, -0.15) is 0 Å². The van der Waals surface area contributed by atoms with Crippen LogP contribution in [0.25, 0.3) is 11.1 Å². The third kappa shape index (κ3) is 4.51. The first-order chi connectivity index (χ1) is 17.0. The Balaban J connectivity index is 1.18. The third-order valence-corrected chi connectivity index (χ3v) is 8.11. The van der Waals surface area contributed by atoms with Crippen LogP contribution in [-0.2, 0) is 14.3 Å². The maximum absolute atomic E-state index is 13.1. The van der Waals surface area contributed by atoms with Gasteiger partial charge in [-0.05, 0) is 47.9 Å². The second-order valence-corrected chi connectivity index (χ2v) is 10.1. The fourth-order valence-electron chi connectivity index (χ4n) is 5.90. The van der Waals surface area contributed by atoms with E-state index in [1.807, 2.05) is 24.3 Å². The number of fused-ring (bicyclic) bond motifs is 3. The smallest absolute Gasteiger partial charge is 0.407 e. The SMILES string of the molecule is O=C(NCC1(C(=O)N[C@@H]2CCCC[C@@H]2C(=O)O)CCC1)OCC1c2ccccc2-c2ccccc21. The van der Waals surface area contributed by atoms with E-state index in [1.54, 1.807) is 0 Å². The highest BCUT2D eigenvalue weighted by molar-refractivity contribution is 5.85. The summed E-state index contributed by atoms with van der Waals surface area (Å²) in [6.45, 7) is 0.418. The Kier molecular flexibility index (Phi) is 6.50. The molecule has 5 rings (SSSR count). The Morgan fingerprint density at radius 3 is 2.14 bits per heavy atom. The van der Waals surface area contributed by atoms with E-state index in [2.05, 4.69) is 34.9 Å². The van der Waals surface area contributed by atoms with Crippen LogP contribution in [-0.4, -0.2) is 42.3 Å². The lowest BCUT2D eigenvalue weighted by Gasteiger charge is -2.42. The maximum Gasteiger partial charge on any atom is 0.407 e. The third-order valence-electron chi connectivity index (χ3n) is 8.11. The first-order valence-corrected chi connectivity index (χ1v) is 12.6. The number of aliphatic carboxylic acids is 1. The van der Waals surface area contributed by atoms with Crippen LogP contribution < -0.4 is 10.6 Å². The summed E-state index contributed by atoms with van der Waals surface area (Å²) in [5.74, 6) is -1.57. The number of hydrogen-bond donors (Lipinski definition) is 3. The Morgan fingerprint density at radius 1 is 0.914 bits per heavy atom. The molecular weight excluding hydrogens is 444 g/mol. The lowest BCUT2D eigenvalue weighted by molar-refractivity contribution is -0.145. The van der Waals surface area contributed by atoms with E-state index < -0.39 is 23.4 Å². The average molecular weight is 477 g/mol. The predicted octanol–water partition coefficient (Wildman–Crippen LogP) is 4.46. The molecule has 35 heavy (non-hydrogen) atoms. The van der Waals surface area contributed by atoms with Gasteiger partial charge in [0.15, 0.2) is 0 Å². The number of carbonyl (C=O) groups is 3. The summed E-state index contributed by atoms with van der Waals surface area (Å²) in [7, 11) is 0. The van der Waals surface area contributed by atoms with Crippen LogP contribution >= 0.6 is 0 Å². The zero-order valence-electron chi connectivity index (χ0n) is 19.8. The first kappa shape index (κ1) is 23.4. The van der Waals surface area contributed by atoms with Gasteiger partial charge in [0.05, 0.1) is 11.3 Å². The maximum atomic E-state index is 13.1. The van der Waals surface area contributed by atoms with Crippen LogP contribution in [0, 0.1) is 11.3 Å². The van der Waals surface area contributed by atoms with E-state index in [1.165, 1.54) is 11.1 Å². The molecule has 0 aromatic heterocycles. The molecule has 0 spiro atoms.